The summed E-state index contributed by atoms with van der Waals surface area (Å²) in [4.78, 5) is 38.2. The topological polar surface area (TPSA) is 81.8 Å². The molecule has 1 aliphatic heterocycles. The van der Waals surface area contributed by atoms with Crippen LogP contribution in [-0.2, 0) is 9.59 Å². The van der Waals surface area contributed by atoms with E-state index in [2.05, 4.69) is 24.5 Å². The molecule has 0 bridgehead atoms. The van der Waals surface area contributed by atoms with E-state index >= 15 is 0 Å². The van der Waals surface area contributed by atoms with Crippen molar-refractivity contribution in [3.63, 3.8) is 0 Å². The summed E-state index contributed by atoms with van der Waals surface area (Å²) in [7, 11) is 0. The van der Waals surface area contributed by atoms with Gasteiger partial charge in [-0.05, 0) is 12.3 Å². The minimum absolute atomic E-state index is 0.0192. The predicted molar refractivity (Wildman–Crippen MR) is 84.3 cm³/mol. The summed E-state index contributed by atoms with van der Waals surface area (Å²) in [6.45, 7) is 9.03. The summed E-state index contributed by atoms with van der Waals surface area (Å²) in [5.41, 5.74) is 0. The normalized spacial score (nSPS) is 14.9. The Morgan fingerprint density at radius 1 is 0.955 bits per heavy atom. The zero-order valence-electron chi connectivity index (χ0n) is 13.9. The maximum Gasteiger partial charge on any atom is 0.314 e. The SMILES string of the molecule is CC(=O)N1CCN(C(=O)CCNC(=O)NCCC(C)C)CC1. The van der Waals surface area contributed by atoms with Crippen molar-refractivity contribution in [3.05, 3.63) is 0 Å². The number of nitrogens with one attached hydrogen (secondary N) is 2. The molecular formula is C15H28N4O3. The molecule has 1 aliphatic rings. The summed E-state index contributed by atoms with van der Waals surface area (Å²) < 4.78 is 0. The van der Waals surface area contributed by atoms with Gasteiger partial charge in [0.15, 0.2) is 0 Å². The third kappa shape index (κ3) is 6.78. The first-order valence-electron chi connectivity index (χ1n) is 7.95. The first kappa shape index (κ1) is 18.3. The number of carbonyl (C=O) groups excluding carboxylic acids is 3. The molecule has 0 spiro atoms. The Kier molecular flexibility index (Phi) is 7.70. The second-order valence-electron chi connectivity index (χ2n) is 6.00. The molecule has 2 N–H and O–H groups in total. The van der Waals surface area contributed by atoms with Crippen molar-refractivity contribution in [2.75, 3.05) is 39.3 Å². The minimum atomic E-state index is -0.227. The second-order valence-corrected chi connectivity index (χ2v) is 6.00. The summed E-state index contributed by atoms with van der Waals surface area (Å²) >= 11 is 0. The molecule has 1 heterocycles. The number of piperazine rings is 1. The first-order valence-corrected chi connectivity index (χ1v) is 7.95. The van der Waals surface area contributed by atoms with Gasteiger partial charge in [-0.3, -0.25) is 9.59 Å². The molecule has 22 heavy (non-hydrogen) atoms. The fourth-order valence-electron chi connectivity index (χ4n) is 2.25. The molecule has 126 valence electrons. The number of hydrogen-bond donors (Lipinski definition) is 2. The maximum absolute atomic E-state index is 12.0. The molecule has 0 aromatic carbocycles. The average molecular weight is 312 g/mol. The van der Waals surface area contributed by atoms with E-state index in [1.807, 2.05) is 0 Å². The zero-order valence-corrected chi connectivity index (χ0v) is 13.9. The fraction of sp³-hybridized carbons (Fsp3) is 0.800. The third-order valence-electron chi connectivity index (χ3n) is 3.71. The van der Waals surface area contributed by atoms with Gasteiger partial charge < -0.3 is 20.4 Å². The lowest BCUT2D eigenvalue weighted by atomic mass is 10.1. The van der Waals surface area contributed by atoms with Crippen LogP contribution in [0.15, 0.2) is 0 Å². The monoisotopic (exact) mass is 312 g/mol. The number of amides is 4. The van der Waals surface area contributed by atoms with Gasteiger partial charge in [-0.25, -0.2) is 4.79 Å². The van der Waals surface area contributed by atoms with Crippen LogP contribution in [-0.4, -0.2) is 66.9 Å². The second kappa shape index (κ2) is 9.27. The number of urea groups is 1. The molecule has 0 atom stereocenters. The Labute approximate surface area is 132 Å². The van der Waals surface area contributed by atoms with Crippen LogP contribution in [0.1, 0.15) is 33.6 Å². The van der Waals surface area contributed by atoms with Gasteiger partial charge in [0.1, 0.15) is 0 Å². The number of hydrogen-bond acceptors (Lipinski definition) is 3. The quantitative estimate of drug-likeness (QED) is 0.745. The highest BCUT2D eigenvalue weighted by molar-refractivity contribution is 5.79. The molecule has 0 radical (unpaired) electrons. The van der Waals surface area contributed by atoms with Crippen molar-refractivity contribution in [2.45, 2.75) is 33.6 Å². The highest BCUT2D eigenvalue weighted by Gasteiger charge is 2.21. The standard InChI is InChI=1S/C15H28N4O3/c1-12(2)4-6-16-15(22)17-7-5-14(21)19-10-8-18(9-11-19)13(3)20/h12H,4-11H2,1-3H3,(H2,16,17,22). The third-order valence-corrected chi connectivity index (χ3v) is 3.71. The lowest BCUT2D eigenvalue weighted by molar-refractivity contribution is -0.138. The van der Waals surface area contributed by atoms with Crippen LogP contribution < -0.4 is 10.6 Å². The van der Waals surface area contributed by atoms with Crippen LogP contribution in [0.2, 0.25) is 0 Å². The van der Waals surface area contributed by atoms with Crippen molar-refractivity contribution < 1.29 is 14.4 Å². The molecule has 0 aliphatic carbocycles. The fourth-order valence-corrected chi connectivity index (χ4v) is 2.25. The molecule has 7 nitrogen and oxygen atoms in total. The largest absolute Gasteiger partial charge is 0.339 e. The molecule has 0 aromatic heterocycles. The minimum Gasteiger partial charge on any atom is -0.339 e. The first-order chi connectivity index (χ1) is 10.4. The van der Waals surface area contributed by atoms with E-state index in [-0.39, 0.29) is 24.3 Å². The molecule has 1 rings (SSSR count). The van der Waals surface area contributed by atoms with E-state index in [1.165, 1.54) is 0 Å². The zero-order chi connectivity index (χ0) is 16.5. The Morgan fingerprint density at radius 3 is 2.05 bits per heavy atom. The highest BCUT2D eigenvalue weighted by atomic mass is 16.2. The Bertz CT molecular complexity index is 390. The van der Waals surface area contributed by atoms with E-state index < -0.39 is 0 Å². The van der Waals surface area contributed by atoms with Crippen molar-refractivity contribution in [2.24, 2.45) is 5.92 Å². The van der Waals surface area contributed by atoms with E-state index in [0.29, 0.717) is 45.2 Å². The van der Waals surface area contributed by atoms with Gasteiger partial charge in [-0.1, -0.05) is 13.8 Å². The Hall–Kier alpha value is -1.79. The van der Waals surface area contributed by atoms with Crippen molar-refractivity contribution in [1.29, 1.82) is 0 Å². The number of rotatable bonds is 6. The molecule has 0 aromatic rings. The Balaban J connectivity index is 2.13. The van der Waals surface area contributed by atoms with Gasteiger partial charge in [0.05, 0.1) is 0 Å². The van der Waals surface area contributed by atoms with Crippen LogP contribution >= 0.6 is 0 Å². The van der Waals surface area contributed by atoms with Crippen molar-refractivity contribution >= 4 is 17.8 Å². The predicted octanol–water partition coefficient (Wildman–Crippen LogP) is 0.413. The Morgan fingerprint density at radius 2 is 1.50 bits per heavy atom. The molecule has 1 fully saturated rings. The van der Waals surface area contributed by atoms with Gasteiger partial charge in [0.25, 0.3) is 0 Å². The van der Waals surface area contributed by atoms with Crippen molar-refractivity contribution in [3.8, 4) is 0 Å². The molecule has 1 saturated heterocycles. The van der Waals surface area contributed by atoms with Gasteiger partial charge in [0, 0.05) is 52.6 Å². The highest BCUT2D eigenvalue weighted by Crippen LogP contribution is 2.03. The van der Waals surface area contributed by atoms with E-state index in [9.17, 15) is 14.4 Å². The van der Waals surface area contributed by atoms with Crippen LogP contribution in [0.25, 0.3) is 0 Å². The van der Waals surface area contributed by atoms with Gasteiger partial charge in [0.2, 0.25) is 11.8 Å². The molecular weight excluding hydrogens is 284 g/mol. The maximum atomic E-state index is 12.0. The van der Waals surface area contributed by atoms with E-state index in [4.69, 9.17) is 0 Å². The summed E-state index contributed by atoms with van der Waals surface area (Å²) in [5.74, 6) is 0.619. The molecule has 0 saturated carbocycles. The lowest BCUT2D eigenvalue weighted by Crippen LogP contribution is -2.50. The summed E-state index contributed by atoms with van der Waals surface area (Å²) in [6.07, 6.45) is 1.23. The smallest absolute Gasteiger partial charge is 0.314 e. The average Bonchev–Trinajstić information content (AvgIpc) is 2.46. The van der Waals surface area contributed by atoms with Crippen molar-refractivity contribution in [1.82, 2.24) is 20.4 Å². The van der Waals surface area contributed by atoms with E-state index in [0.717, 1.165) is 6.42 Å². The van der Waals surface area contributed by atoms with Gasteiger partial charge in [-0.2, -0.15) is 0 Å². The van der Waals surface area contributed by atoms with Crippen LogP contribution in [0.3, 0.4) is 0 Å². The molecule has 4 amide bonds. The van der Waals surface area contributed by atoms with Crippen LogP contribution in [0.5, 0.6) is 0 Å². The number of carbonyl (C=O) groups is 3. The summed E-state index contributed by atoms with van der Waals surface area (Å²) in [5, 5.41) is 5.46. The molecule has 7 heteroatoms. The van der Waals surface area contributed by atoms with Crippen LogP contribution in [0, 0.1) is 5.92 Å². The van der Waals surface area contributed by atoms with Gasteiger partial charge in [-0.15, -0.1) is 0 Å². The molecule has 0 unspecified atom stereocenters. The summed E-state index contributed by atoms with van der Waals surface area (Å²) in [6, 6.07) is -0.227. The van der Waals surface area contributed by atoms with E-state index in [1.54, 1.807) is 16.7 Å². The van der Waals surface area contributed by atoms with Crippen LogP contribution in [0.4, 0.5) is 4.79 Å². The lowest BCUT2D eigenvalue weighted by Gasteiger charge is -2.34. The van der Waals surface area contributed by atoms with Gasteiger partial charge >= 0.3 is 6.03 Å². The number of nitrogens with zero attached hydrogens (tertiary/aromatic N) is 2.